The van der Waals surface area contributed by atoms with Gasteiger partial charge in [-0.3, -0.25) is 0 Å². The number of hydrogen-bond donors (Lipinski definition) is 2. The Balaban J connectivity index is 1.75. The Labute approximate surface area is 167 Å². The molecule has 6 heteroatoms. The van der Waals surface area contributed by atoms with Crippen molar-refractivity contribution in [3.05, 3.63) is 54.1 Å². The van der Waals surface area contributed by atoms with Gasteiger partial charge in [-0.2, -0.15) is 0 Å². The second-order valence-electron chi connectivity index (χ2n) is 6.42. The highest BCUT2D eigenvalue weighted by Crippen LogP contribution is 2.23. The highest BCUT2D eigenvalue weighted by molar-refractivity contribution is 5.90. The maximum Gasteiger partial charge on any atom is 0.319 e. The van der Waals surface area contributed by atoms with Gasteiger partial charge in [0.25, 0.3) is 0 Å². The number of carbonyl (C=O) groups is 1. The number of carbonyl (C=O) groups excluding carboxylic acids is 1. The molecule has 0 atom stereocenters. The van der Waals surface area contributed by atoms with Crippen molar-refractivity contribution in [2.75, 3.05) is 44.7 Å². The van der Waals surface area contributed by atoms with Crippen molar-refractivity contribution < 1.29 is 14.3 Å². The minimum Gasteiger partial charge on any atom is -0.492 e. The molecule has 2 aromatic rings. The number of likely N-dealkylation sites (N-methyl/N-ethyl adjacent to an activating group) is 1. The Morgan fingerprint density at radius 1 is 1.00 bits per heavy atom. The Kier molecular flexibility index (Phi) is 9.15. The first-order valence-corrected chi connectivity index (χ1v) is 9.80. The molecular weight excluding hydrogens is 354 g/mol. The van der Waals surface area contributed by atoms with Gasteiger partial charge in [0.2, 0.25) is 0 Å². The zero-order valence-electron chi connectivity index (χ0n) is 17.0. The van der Waals surface area contributed by atoms with E-state index in [1.54, 1.807) is 0 Å². The average molecular weight is 386 g/mol. The lowest BCUT2D eigenvalue weighted by atomic mass is 10.2. The summed E-state index contributed by atoms with van der Waals surface area (Å²) in [5, 5.41) is 5.64. The van der Waals surface area contributed by atoms with Crippen molar-refractivity contribution in [3.8, 4) is 11.5 Å². The van der Waals surface area contributed by atoms with Gasteiger partial charge in [-0.05, 0) is 49.8 Å². The minimum atomic E-state index is -0.285. The molecule has 0 spiro atoms. The fourth-order valence-electron chi connectivity index (χ4n) is 2.73. The van der Waals surface area contributed by atoms with E-state index in [1.165, 1.54) is 0 Å². The summed E-state index contributed by atoms with van der Waals surface area (Å²) in [4.78, 5) is 14.5. The summed E-state index contributed by atoms with van der Waals surface area (Å²) >= 11 is 0. The first-order chi connectivity index (χ1) is 13.6. The lowest BCUT2D eigenvalue weighted by Gasteiger charge is -2.19. The van der Waals surface area contributed by atoms with E-state index in [-0.39, 0.29) is 6.03 Å². The van der Waals surface area contributed by atoms with Crippen LogP contribution >= 0.6 is 0 Å². The van der Waals surface area contributed by atoms with E-state index in [9.17, 15) is 4.79 Å². The van der Waals surface area contributed by atoms with Gasteiger partial charge in [-0.25, -0.2) is 4.79 Å². The van der Waals surface area contributed by atoms with E-state index >= 15 is 0 Å². The molecule has 2 amide bonds. The summed E-state index contributed by atoms with van der Waals surface area (Å²) < 4.78 is 11.5. The number of urea groups is 1. The fraction of sp³-hybridized carbons (Fsp3) is 0.409. The molecule has 0 fully saturated rings. The van der Waals surface area contributed by atoms with Crippen LogP contribution in [0.5, 0.6) is 11.5 Å². The first-order valence-electron chi connectivity index (χ1n) is 9.80. The Morgan fingerprint density at radius 3 is 2.54 bits per heavy atom. The van der Waals surface area contributed by atoms with Gasteiger partial charge < -0.3 is 25.0 Å². The summed E-state index contributed by atoms with van der Waals surface area (Å²) in [6.07, 6.45) is 0. The summed E-state index contributed by atoms with van der Waals surface area (Å²) in [5.74, 6) is 1.47. The molecule has 28 heavy (non-hydrogen) atoms. The predicted octanol–water partition coefficient (Wildman–Crippen LogP) is 3.92. The standard InChI is InChI=1S/C22H31N3O3/c1-4-25(5-2)14-16-28-21-12-7-6-11-20(21)24-22(26)23-13-15-27-19-10-8-9-18(3)17-19/h6-12,17H,4-5,13-16H2,1-3H3,(H2,23,24,26). The van der Waals surface area contributed by atoms with Gasteiger partial charge in [0.15, 0.2) is 0 Å². The molecule has 0 aliphatic heterocycles. The van der Waals surface area contributed by atoms with Crippen LogP contribution < -0.4 is 20.1 Å². The molecule has 0 aliphatic carbocycles. The van der Waals surface area contributed by atoms with E-state index in [4.69, 9.17) is 9.47 Å². The molecule has 0 heterocycles. The van der Waals surface area contributed by atoms with Crippen molar-refractivity contribution in [2.45, 2.75) is 20.8 Å². The number of ether oxygens (including phenoxy) is 2. The zero-order valence-corrected chi connectivity index (χ0v) is 17.0. The average Bonchev–Trinajstić information content (AvgIpc) is 2.70. The van der Waals surface area contributed by atoms with E-state index in [2.05, 4.69) is 29.4 Å². The number of para-hydroxylation sites is 2. The monoisotopic (exact) mass is 385 g/mol. The molecule has 0 unspecified atom stereocenters. The number of hydrogen-bond acceptors (Lipinski definition) is 4. The molecule has 0 bridgehead atoms. The number of anilines is 1. The number of rotatable bonds is 11. The largest absolute Gasteiger partial charge is 0.492 e. The SMILES string of the molecule is CCN(CC)CCOc1ccccc1NC(=O)NCCOc1cccc(C)c1. The zero-order chi connectivity index (χ0) is 20.2. The van der Waals surface area contributed by atoms with Crippen LogP contribution in [0.2, 0.25) is 0 Å². The van der Waals surface area contributed by atoms with Crippen molar-refractivity contribution in [1.29, 1.82) is 0 Å². The van der Waals surface area contributed by atoms with Gasteiger partial charge in [0.1, 0.15) is 24.7 Å². The summed E-state index contributed by atoms with van der Waals surface area (Å²) in [6.45, 7) is 10.5. The van der Waals surface area contributed by atoms with Crippen LogP contribution in [-0.2, 0) is 0 Å². The van der Waals surface area contributed by atoms with Crippen LogP contribution in [0.15, 0.2) is 48.5 Å². The maximum atomic E-state index is 12.2. The van der Waals surface area contributed by atoms with Gasteiger partial charge in [0.05, 0.1) is 12.2 Å². The lowest BCUT2D eigenvalue weighted by Crippen LogP contribution is -2.32. The third-order valence-corrected chi connectivity index (χ3v) is 4.34. The normalized spacial score (nSPS) is 10.6. The van der Waals surface area contributed by atoms with Crippen molar-refractivity contribution >= 4 is 11.7 Å². The lowest BCUT2D eigenvalue weighted by molar-refractivity contribution is 0.223. The fourth-order valence-corrected chi connectivity index (χ4v) is 2.73. The van der Waals surface area contributed by atoms with Crippen molar-refractivity contribution in [1.82, 2.24) is 10.2 Å². The predicted molar refractivity (Wildman–Crippen MR) is 113 cm³/mol. The molecule has 2 N–H and O–H groups in total. The molecule has 0 aromatic heterocycles. The van der Waals surface area contributed by atoms with Crippen LogP contribution in [0.25, 0.3) is 0 Å². The molecular formula is C22H31N3O3. The van der Waals surface area contributed by atoms with E-state index in [0.29, 0.717) is 31.2 Å². The highest BCUT2D eigenvalue weighted by atomic mass is 16.5. The van der Waals surface area contributed by atoms with Gasteiger partial charge in [-0.15, -0.1) is 0 Å². The topological polar surface area (TPSA) is 62.8 Å². The van der Waals surface area contributed by atoms with Crippen LogP contribution in [0.4, 0.5) is 10.5 Å². The van der Waals surface area contributed by atoms with Gasteiger partial charge in [-0.1, -0.05) is 38.1 Å². The maximum absolute atomic E-state index is 12.2. The molecule has 6 nitrogen and oxygen atoms in total. The molecule has 152 valence electrons. The molecule has 2 aromatic carbocycles. The molecule has 0 saturated heterocycles. The van der Waals surface area contributed by atoms with Crippen LogP contribution in [0.3, 0.4) is 0 Å². The smallest absolute Gasteiger partial charge is 0.319 e. The molecule has 0 aliphatic rings. The van der Waals surface area contributed by atoms with Crippen LogP contribution in [0, 0.1) is 6.92 Å². The van der Waals surface area contributed by atoms with Gasteiger partial charge >= 0.3 is 6.03 Å². The molecule has 0 saturated carbocycles. The number of amides is 2. The Morgan fingerprint density at radius 2 is 1.79 bits per heavy atom. The summed E-state index contributed by atoms with van der Waals surface area (Å²) in [5.41, 5.74) is 1.79. The second-order valence-corrected chi connectivity index (χ2v) is 6.42. The van der Waals surface area contributed by atoms with E-state index in [0.717, 1.165) is 30.9 Å². The second kappa shape index (κ2) is 11.9. The molecule has 2 rings (SSSR count). The van der Waals surface area contributed by atoms with E-state index < -0.39 is 0 Å². The third kappa shape index (κ3) is 7.48. The summed E-state index contributed by atoms with van der Waals surface area (Å²) in [6, 6.07) is 15.0. The van der Waals surface area contributed by atoms with Crippen molar-refractivity contribution in [3.63, 3.8) is 0 Å². The minimum absolute atomic E-state index is 0.285. The Bertz CT molecular complexity index is 732. The highest BCUT2D eigenvalue weighted by Gasteiger charge is 2.08. The Hall–Kier alpha value is -2.73. The van der Waals surface area contributed by atoms with Gasteiger partial charge in [0, 0.05) is 6.54 Å². The third-order valence-electron chi connectivity index (χ3n) is 4.34. The molecule has 0 radical (unpaired) electrons. The number of aryl methyl sites for hydroxylation is 1. The van der Waals surface area contributed by atoms with Crippen LogP contribution in [-0.4, -0.2) is 50.3 Å². The van der Waals surface area contributed by atoms with Crippen molar-refractivity contribution in [2.24, 2.45) is 0 Å². The number of nitrogens with zero attached hydrogens (tertiary/aromatic N) is 1. The van der Waals surface area contributed by atoms with E-state index in [1.807, 2.05) is 55.5 Å². The first kappa shape index (κ1) is 21.6. The van der Waals surface area contributed by atoms with Crippen LogP contribution in [0.1, 0.15) is 19.4 Å². The number of benzene rings is 2. The number of nitrogens with one attached hydrogen (secondary N) is 2. The quantitative estimate of drug-likeness (QED) is 0.576. The summed E-state index contributed by atoms with van der Waals surface area (Å²) in [7, 11) is 0.